The van der Waals surface area contributed by atoms with Crippen molar-refractivity contribution in [1.29, 1.82) is 0 Å². The van der Waals surface area contributed by atoms with E-state index in [1.54, 1.807) is 42.0 Å². The van der Waals surface area contributed by atoms with Crippen molar-refractivity contribution in [3.05, 3.63) is 93.2 Å². The topological polar surface area (TPSA) is 113 Å². The van der Waals surface area contributed by atoms with Crippen LogP contribution in [0, 0.1) is 0 Å². The van der Waals surface area contributed by atoms with E-state index in [1.807, 2.05) is 6.08 Å². The molecule has 2 aromatic heterocycles. The number of halogens is 1. The van der Waals surface area contributed by atoms with Crippen LogP contribution in [-0.2, 0) is 21.3 Å². The van der Waals surface area contributed by atoms with Crippen molar-refractivity contribution >= 4 is 48.6 Å². The standard InChI is InChI=1S/C28H26BrN3O7S/c1-36-21-7-4-19(25(16-21)37-2)17-31(28-30-12-13-39-28)40(34,35)22-8-10-23-18(14-22)5-11-27(33)32(23)24-9-6-20(29)15-26(24)38-3/h4-5,7-8,10-16H,6,9,17H2,1-3H3. The van der Waals surface area contributed by atoms with Crippen molar-refractivity contribution < 1.29 is 27.0 Å². The summed E-state index contributed by atoms with van der Waals surface area (Å²) in [6, 6.07) is 12.7. The van der Waals surface area contributed by atoms with E-state index in [-0.39, 0.29) is 23.0 Å². The number of rotatable bonds is 9. The summed E-state index contributed by atoms with van der Waals surface area (Å²) in [5, 5.41) is 0.562. The smallest absolute Gasteiger partial charge is 0.311 e. The van der Waals surface area contributed by atoms with Gasteiger partial charge in [-0.25, -0.2) is 17.7 Å². The van der Waals surface area contributed by atoms with E-state index in [2.05, 4.69) is 20.9 Å². The molecule has 0 saturated carbocycles. The van der Waals surface area contributed by atoms with Gasteiger partial charge in [0.15, 0.2) is 0 Å². The average molecular weight is 629 g/mol. The summed E-state index contributed by atoms with van der Waals surface area (Å²) in [7, 11) is 0.406. The van der Waals surface area contributed by atoms with Crippen molar-refractivity contribution in [2.45, 2.75) is 24.3 Å². The number of oxazole rings is 1. The number of ether oxygens (including phenoxy) is 3. The predicted octanol–water partition coefficient (Wildman–Crippen LogP) is 5.29. The molecule has 0 atom stereocenters. The van der Waals surface area contributed by atoms with Gasteiger partial charge in [0.05, 0.1) is 50.2 Å². The van der Waals surface area contributed by atoms with Gasteiger partial charge in [0.2, 0.25) is 0 Å². The molecule has 2 heterocycles. The van der Waals surface area contributed by atoms with Crippen LogP contribution in [-0.4, -0.2) is 39.3 Å². The Morgan fingerprint density at radius 1 is 1.02 bits per heavy atom. The first-order valence-corrected chi connectivity index (χ1v) is 14.4. The van der Waals surface area contributed by atoms with E-state index in [9.17, 15) is 13.2 Å². The third-order valence-corrected chi connectivity index (χ3v) is 8.90. The highest BCUT2D eigenvalue weighted by Crippen LogP contribution is 2.34. The quantitative estimate of drug-likeness (QED) is 0.246. The van der Waals surface area contributed by atoms with E-state index in [0.29, 0.717) is 52.3 Å². The molecule has 1 aliphatic rings. The molecule has 1 aliphatic carbocycles. The SMILES string of the molecule is COC1=C(n2c(=O)ccc3cc(S(=O)(=O)N(Cc4ccc(OC)cc4OC)c4ncco4)ccc32)CCC(Br)=C1. The Balaban J connectivity index is 1.61. The second-order valence-electron chi connectivity index (χ2n) is 8.84. The Morgan fingerprint density at radius 2 is 1.85 bits per heavy atom. The molecule has 0 aliphatic heterocycles. The van der Waals surface area contributed by atoms with Crippen molar-refractivity contribution in [2.75, 3.05) is 25.6 Å². The molecule has 0 saturated heterocycles. The summed E-state index contributed by atoms with van der Waals surface area (Å²) in [5.74, 6) is 1.58. The molecule has 0 amide bonds. The number of sulfonamides is 1. The van der Waals surface area contributed by atoms with E-state index in [1.165, 1.54) is 44.9 Å². The van der Waals surface area contributed by atoms with Crippen molar-refractivity contribution in [1.82, 2.24) is 9.55 Å². The molecule has 208 valence electrons. The highest BCUT2D eigenvalue weighted by molar-refractivity contribution is 9.11. The minimum absolute atomic E-state index is 0.00288. The first-order chi connectivity index (χ1) is 19.3. The Hall–Kier alpha value is -4.03. The van der Waals surface area contributed by atoms with Crippen LogP contribution in [0.5, 0.6) is 11.5 Å². The van der Waals surface area contributed by atoms with Crippen molar-refractivity contribution in [3.63, 3.8) is 0 Å². The van der Waals surface area contributed by atoms with Crippen LogP contribution >= 0.6 is 15.9 Å². The number of aromatic nitrogens is 2. The number of hydrogen-bond donors (Lipinski definition) is 0. The van der Waals surface area contributed by atoms with Gasteiger partial charge in [0.25, 0.3) is 15.6 Å². The summed E-state index contributed by atoms with van der Waals surface area (Å²) in [6.45, 7) is -0.112. The molecule has 40 heavy (non-hydrogen) atoms. The van der Waals surface area contributed by atoms with E-state index in [0.717, 1.165) is 8.79 Å². The van der Waals surface area contributed by atoms with Gasteiger partial charge in [-0.15, -0.1) is 0 Å². The van der Waals surface area contributed by atoms with Crippen LogP contribution in [0.4, 0.5) is 6.01 Å². The lowest BCUT2D eigenvalue weighted by atomic mass is 10.1. The van der Waals surface area contributed by atoms with Gasteiger partial charge in [-0.05, 0) is 59.8 Å². The molecule has 2 aromatic carbocycles. The lowest BCUT2D eigenvalue weighted by molar-refractivity contribution is 0.304. The van der Waals surface area contributed by atoms with Crippen LogP contribution in [0.15, 0.2) is 91.4 Å². The monoisotopic (exact) mass is 627 g/mol. The number of hydrogen-bond acceptors (Lipinski definition) is 8. The number of nitrogens with zero attached hydrogens (tertiary/aromatic N) is 3. The predicted molar refractivity (Wildman–Crippen MR) is 154 cm³/mol. The Morgan fingerprint density at radius 3 is 2.55 bits per heavy atom. The number of fused-ring (bicyclic) bond motifs is 1. The first kappa shape index (κ1) is 27.5. The van der Waals surface area contributed by atoms with Crippen molar-refractivity contribution in [3.8, 4) is 11.5 Å². The largest absolute Gasteiger partial charge is 0.497 e. The summed E-state index contributed by atoms with van der Waals surface area (Å²) >= 11 is 3.50. The maximum atomic E-state index is 14.0. The number of anilines is 1. The summed E-state index contributed by atoms with van der Waals surface area (Å²) in [6.07, 6.45) is 5.80. The maximum Gasteiger partial charge on any atom is 0.311 e. The van der Waals surface area contributed by atoms with Gasteiger partial charge < -0.3 is 18.6 Å². The lowest BCUT2D eigenvalue weighted by Crippen LogP contribution is -2.31. The molecular formula is C28H26BrN3O7S. The number of benzene rings is 2. The van der Waals surface area contributed by atoms with Gasteiger partial charge >= 0.3 is 6.01 Å². The molecule has 0 spiro atoms. The molecule has 0 unspecified atom stereocenters. The van der Waals surface area contributed by atoms with Crippen LogP contribution in [0.3, 0.4) is 0 Å². The fourth-order valence-corrected chi connectivity index (χ4v) is 6.36. The molecule has 0 fully saturated rings. The molecule has 4 aromatic rings. The van der Waals surface area contributed by atoms with E-state index < -0.39 is 10.0 Å². The minimum atomic E-state index is -4.17. The second kappa shape index (κ2) is 11.2. The van der Waals surface area contributed by atoms with Crippen LogP contribution < -0.4 is 19.3 Å². The van der Waals surface area contributed by atoms with Crippen molar-refractivity contribution in [2.24, 2.45) is 0 Å². The summed E-state index contributed by atoms with van der Waals surface area (Å²) in [4.78, 5) is 17.1. The highest BCUT2D eigenvalue weighted by atomic mass is 79.9. The van der Waals surface area contributed by atoms with Crippen LogP contribution in [0.1, 0.15) is 18.4 Å². The zero-order valence-corrected chi connectivity index (χ0v) is 24.4. The Labute approximate surface area is 239 Å². The minimum Gasteiger partial charge on any atom is -0.497 e. The maximum absolute atomic E-state index is 14.0. The Bertz CT molecular complexity index is 1790. The molecular weight excluding hydrogens is 602 g/mol. The Kier molecular flexibility index (Phi) is 7.72. The molecule has 12 heteroatoms. The number of pyridine rings is 1. The zero-order valence-electron chi connectivity index (χ0n) is 22.0. The number of allylic oxidation sites excluding steroid dienone is 3. The van der Waals surface area contributed by atoms with Gasteiger partial charge in [0.1, 0.15) is 23.5 Å². The van der Waals surface area contributed by atoms with Gasteiger partial charge in [-0.2, -0.15) is 0 Å². The lowest BCUT2D eigenvalue weighted by Gasteiger charge is -2.23. The van der Waals surface area contributed by atoms with Gasteiger partial charge in [-0.1, -0.05) is 15.9 Å². The highest BCUT2D eigenvalue weighted by Gasteiger charge is 2.30. The van der Waals surface area contributed by atoms with E-state index >= 15 is 0 Å². The molecule has 10 nitrogen and oxygen atoms in total. The average Bonchev–Trinajstić information content (AvgIpc) is 3.50. The fourth-order valence-electron chi connectivity index (χ4n) is 4.58. The second-order valence-corrected chi connectivity index (χ2v) is 11.7. The van der Waals surface area contributed by atoms with Crippen LogP contribution in [0.2, 0.25) is 0 Å². The molecule has 5 rings (SSSR count). The van der Waals surface area contributed by atoms with Gasteiger partial charge in [0, 0.05) is 23.1 Å². The number of methoxy groups -OCH3 is 3. The first-order valence-electron chi connectivity index (χ1n) is 12.2. The normalized spacial score (nSPS) is 13.8. The summed E-state index contributed by atoms with van der Waals surface area (Å²) < 4.78 is 53.4. The van der Waals surface area contributed by atoms with E-state index in [4.69, 9.17) is 18.6 Å². The third-order valence-electron chi connectivity index (χ3n) is 6.56. The van der Waals surface area contributed by atoms with Gasteiger partial charge in [-0.3, -0.25) is 9.36 Å². The molecule has 0 N–H and O–H groups in total. The molecule has 0 radical (unpaired) electrons. The summed E-state index contributed by atoms with van der Waals surface area (Å²) in [5.41, 5.74) is 1.59. The third kappa shape index (κ3) is 5.11. The zero-order chi connectivity index (χ0) is 28.4. The fraction of sp³-hybridized carbons (Fsp3) is 0.214. The van der Waals surface area contributed by atoms with Crippen LogP contribution in [0.25, 0.3) is 16.6 Å². The molecule has 0 bridgehead atoms.